The van der Waals surface area contributed by atoms with Crippen LogP contribution in [0.5, 0.6) is 0 Å². The lowest BCUT2D eigenvalue weighted by Gasteiger charge is -2.28. The maximum atomic E-state index is 11.1. The van der Waals surface area contributed by atoms with Crippen LogP contribution in [-0.2, 0) is 9.53 Å². The van der Waals surface area contributed by atoms with Crippen LogP contribution in [0.4, 0.5) is 0 Å². The summed E-state index contributed by atoms with van der Waals surface area (Å²) in [4.78, 5) is 11.1. The lowest BCUT2D eigenvalue weighted by Crippen LogP contribution is -2.39. The van der Waals surface area contributed by atoms with Crippen LogP contribution in [0, 0.1) is 11.8 Å². The molecule has 4 heteroatoms. The Labute approximate surface area is 110 Å². The Bertz CT molecular complexity index is 278. The van der Waals surface area contributed by atoms with Gasteiger partial charge in [0.2, 0.25) is 0 Å². The summed E-state index contributed by atoms with van der Waals surface area (Å²) in [5.74, 6) is -0.500. The van der Waals surface area contributed by atoms with Crippen molar-refractivity contribution in [2.75, 3.05) is 13.7 Å². The largest absolute Gasteiger partial charge is 0.481 e. The third-order valence-corrected chi connectivity index (χ3v) is 4.06. The van der Waals surface area contributed by atoms with E-state index in [2.05, 4.69) is 26.1 Å². The van der Waals surface area contributed by atoms with Crippen LogP contribution in [0.3, 0.4) is 0 Å². The van der Waals surface area contributed by atoms with Crippen LogP contribution in [-0.4, -0.2) is 36.4 Å². The second-order valence-electron chi connectivity index (χ2n) is 6.11. The molecule has 3 unspecified atom stereocenters. The molecule has 1 aliphatic rings. The van der Waals surface area contributed by atoms with Crippen molar-refractivity contribution in [3.05, 3.63) is 0 Å². The minimum absolute atomic E-state index is 0.131. The highest BCUT2D eigenvalue weighted by Crippen LogP contribution is 2.31. The third kappa shape index (κ3) is 4.58. The van der Waals surface area contributed by atoms with Gasteiger partial charge in [0, 0.05) is 13.2 Å². The number of hydrogen-bond acceptors (Lipinski definition) is 3. The zero-order chi connectivity index (χ0) is 13.8. The zero-order valence-corrected chi connectivity index (χ0v) is 12.0. The molecule has 18 heavy (non-hydrogen) atoms. The van der Waals surface area contributed by atoms with E-state index in [1.54, 1.807) is 7.11 Å². The number of carboxylic acids is 1. The van der Waals surface area contributed by atoms with Gasteiger partial charge in [-0.1, -0.05) is 6.42 Å². The first kappa shape index (κ1) is 15.4. The summed E-state index contributed by atoms with van der Waals surface area (Å²) in [6.07, 6.45) is 3.83. The molecule has 0 aromatic rings. The fourth-order valence-electron chi connectivity index (χ4n) is 2.85. The fraction of sp³-hybridized carbons (Fsp3) is 0.929. The molecule has 0 heterocycles. The minimum Gasteiger partial charge on any atom is -0.481 e. The van der Waals surface area contributed by atoms with Crippen molar-refractivity contribution in [2.45, 2.75) is 58.1 Å². The molecule has 0 aliphatic heterocycles. The highest BCUT2D eigenvalue weighted by atomic mass is 16.5. The van der Waals surface area contributed by atoms with Gasteiger partial charge >= 0.3 is 5.97 Å². The fourth-order valence-corrected chi connectivity index (χ4v) is 2.85. The monoisotopic (exact) mass is 257 g/mol. The predicted octanol–water partition coefficient (Wildman–Crippen LogP) is 2.28. The Morgan fingerprint density at radius 3 is 2.72 bits per heavy atom. The summed E-state index contributed by atoms with van der Waals surface area (Å²) in [5.41, 5.74) is -0.131. The Morgan fingerprint density at radius 1 is 1.50 bits per heavy atom. The number of aliphatic carboxylic acids is 1. The smallest absolute Gasteiger partial charge is 0.306 e. The van der Waals surface area contributed by atoms with Crippen molar-refractivity contribution in [3.63, 3.8) is 0 Å². The topological polar surface area (TPSA) is 58.6 Å². The van der Waals surface area contributed by atoms with E-state index in [9.17, 15) is 4.79 Å². The maximum Gasteiger partial charge on any atom is 0.306 e. The molecule has 1 rings (SSSR count). The lowest BCUT2D eigenvalue weighted by atomic mass is 9.95. The maximum absolute atomic E-state index is 11.1. The zero-order valence-electron chi connectivity index (χ0n) is 12.0. The van der Waals surface area contributed by atoms with Crippen LogP contribution >= 0.6 is 0 Å². The van der Waals surface area contributed by atoms with Gasteiger partial charge in [-0.05, 0) is 52.5 Å². The highest BCUT2D eigenvalue weighted by Gasteiger charge is 2.32. The molecule has 0 bridgehead atoms. The Kier molecular flexibility index (Phi) is 5.60. The molecule has 0 saturated heterocycles. The number of methoxy groups -OCH3 is 1. The molecule has 0 aromatic carbocycles. The molecule has 1 aliphatic carbocycles. The molecular formula is C14H27NO3. The van der Waals surface area contributed by atoms with Crippen molar-refractivity contribution in [2.24, 2.45) is 11.8 Å². The van der Waals surface area contributed by atoms with E-state index in [0.717, 1.165) is 32.2 Å². The molecule has 106 valence electrons. The summed E-state index contributed by atoms with van der Waals surface area (Å²) in [6, 6.07) is 0.343. The van der Waals surface area contributed by atoms with E-state index >= 15 is 0 Å². The molecule has 0 spiro atoms. The van der Waals surface area contributed by atoms with Crippen molar-refractivity contribution in [1.82, 2.24) is 5.32 Å². The Balaban J connectivity index is 2.34. The van der Waals surface area contributed by atoms with Gasteiger partial charge in [-0.25, -0.2) is 0 Å². The normalized spacial score (nSPS) is 26.2. The number of carbonyl (C=O) groups is 1. The molecule has 0 aromatic heterocycles. The lowest BCUT2D eigenvalue weighted by molar-refractivity contribution is -0.142. The first-order valence-electron chi connectivity index (χ1n) is 6.87. The van der Waals surface area contributed by atoms with Gasteiger partial charge in [-0.2, -0.15) is 0 Å². The minimum atomic E-state index is -0.635. The molecule has 1 fully saturated rings. The second-order valence-corrected chi connectivity index (χ2v) is 6.11. The molecule has 1 saturated carbocycles. The van der Waals surface area contributed by atoms with Gasteiger partial charge in [0.15, 0.2) is 0 Å². The third-order valence-electron chi connectivity index (χ3n) is 4.06. The summed E-state index contributed by atoms with van der Waals surface area (Å²) >= 11 is 0. The van der Waals surface area contributed by atoms with Gasteiger partial charge in [-0.15, -0.1) is 0 Å². The second kappa shape index (κ2) is 6.53. The highest BCUT2D eigenvalue weighted by molar-refractivity contribution is 5.70. The van der Waals surface area contributed by atoms with Gasteiger partial charge in [0.1, 0.15) is 0 Å². The van der Waals surface area contributed by atoms with Crippen LogP contribution in [0.15, 0.2) is 0 Å². The molecule has 3 atom stereocenters. The van der Waals surface area contributed by atoms with Crippen molar-refractivity contribution >= 4 is 5.97 Å². The Hall–Kier alpha value is -0.610. The first-order chi connectivity index (χ1) is 8.35. The van der Waals surface area contributed by atoms with Gasteiger partial charge in [-0.3, -0.25) is 4.79 Å². The molecular weight excluding hydrogens is 230 g/mol. The summed E-state index contributed by atoms with van der Waals surface area (Å²) in [7, 11) is 1.73. The van der Waals surface area contributed by atoms with Crippen LogP contribution in [0.1, 0.15) is 46.5 Å². The number of ether oxygens (including phenoxy) is 1. The van der Waals surface area contributed by atoms with E-state index in [4.69, 9.17) is 9.84 Å². The van der Waals surface area contributed by atoms with Gasteiger partial charge in [0.25, 0.3) is 0 Å². The number of nitrogens with one attached hydrogen (secondary N) is 1. The van der Waals surface area contributed by atoms with Crippen molar-refractivity contribution < 1.29 is 14.6 Å². The quantitative estimate of drug-likeness (QED) is 0.734. The summed E-state index contributed by atoms with van der Waals surface area (Å²) < 4.78 is 5.41. The van der Waals surface area contributed by atoms with E-state index in [-0.39, 0.29) is 17.4 Å². The molecule has 0 radical (unpaired) electrons. The molecule has 2 N–H and O–H groups in total. The van der Waals surface area contributed by atoms with E-state index < -0.39 is 5.97 Å². The SMILES string of the molecule is COC(C)(C)CC(C)NCC1CCCC1C(=O)O. The summed E-state index contributed by atoms with van der Waals surface area (Å²) in [5, 5.41) is 12.6. The number of carboxylic acid groups (broad SMARTS) is 1. The standard InChI is InChI=1S/C14H27NO3/c1-10(8-14(2,3)18-4)15-9-11-6-5-7-12(11)13(16)17/h10-12,15H,5-9H2,1-4H3,(H,16,17). The van der Waals surface area contributed by atoms with E-state index in [0.29, 0.717) is 6.04 Å². The average Bonchev–Trinajstić information content (AvgIpc) is 2.74. The van der Waals surface area contributed by atoms with Crippen LogP contribution in [0.25, 0.3) is 0 Å². The first-order valence-corrected chi connectivity index (χ1v) is 6.87. The van der Waals surface area contributed by atoms with Crippen LogP contribution < -0.4 is 5.32 Å². The Morgan fingerprint density at radius 2 is 2.17 bits per heavy atom. The average molecular weight is 257 g/mol. The predicted molar refractivity (Wildman–Crippen MR) is 71.6 cm³/mol. The number of hydrogen-bond donors (Lipinski definition) is 2. The van der Waals surface area contributed by atoms with E-state index in [1.807, 2.05) is 0 Å². The summed E-state index contributed by atoms with van der Waals surface area (Å²) in [6.45, 7) is 7.07. The van der Waals surface area contributed by atoms with Crippen LogP contribution in [0.2, 0.25) is 0 Å². The van der Waals surface area contributed by atoms with Gasteiger partial charge in [0.05, 0.1) is 11.5 Å². The van der Waals surface area contributed by atoms with Gasteiger partial charge < -0.3 is 15.2 Å². The molecule has 4 nitrogen and oxygen atoms in total. The molecule has 0 amide bonds. The van der Waals surface area contributed by atoms with Crippen molar-refractivity contribution in [3.8, 4) is 0 Å². The van der Waals surface area contributed by atoms with E-state index in [1.165, 1.54) is 0 Å². The number of rotatable bonds is 7. The van der Waals surface area contributed by atoms with Crippen molar-refractivity contribution in [1.29, 1.82) is 0 Å².